The number of amides is 1. The van der Waals surface area contributed by atoms with Crippen LogP contribution in [0.4, 0.5) is 0 Å². The highest BCUT2D eigenvalue weighted by molar-refractivity contribution is 9.10. The molecule has 1 fully saturated rings. The minimum Gasteiger partial charge on any atom is -0.382 e. The van der Waals surface area contributed by atoms with Gasteiger partial charge in [0.2, 0.25) is 5.91 Å². The number of nitrogens with one attached hydrogen (secondary N) is 1. The van der Waals surface area contributed by atoms with E-state index >= 15 is 0 Å². The summed E-state index contributed by atoms with van der Waals surface area (Å²) in [5.74, 6) is 0.155. The Morgan fingerprint density at radius 2 is 2.26 bits per heavy atom. The molecule has 0 radical (unpaired) electrons. The summed E-state index contributed by atoms with van der Waals surface area (Å²) in [6.07, 6.45) is 2.76. The predicted octanol–water partition coefficient (Wildman–Crippen LogP) is 3.02. The van der Waals surface area contributed by atoms with Gasteiger partial charge in [-0.25, -0.2) is 0 Å². The Labute approximate surface area is 122 Å². The number of hydrogen-bond acceptors (Lipinski definition) is 2. The molecule has 4 heteroatoms. The number of benzene rings is 1. The first kappa shape index (κ1) is 14.5. The lowest BCUT2D eigenvalue weighted by atomic mass is 9.95. The summed E-state index contributed by atoms with van der Waals surface area (Å²) >= 11 is 3.46. The van der Waals surface area contributed by atoms with Crippen LogP contribution in [0.25, 0.3) is 0 Å². The van der Waals surface area contributed by atoms with Gasteiger partial charge in [0, 0.05) is 24.2 Å². The first-order valence-electron chi connectivity index (χ1n) is 6.81. The standard InChI is InChI=1S/C15H20BrNO2/c1-2-19-10-4-9-17-14(18)15(7-8-15)12-5-3-6-13(16)11-12/h3,5-6,11H,2,4,7-10H2,1H3,(H,17,18). The summed E-state index contributed by atoms with van der Waals surface area (Å²) in [6.45, 7) is 4.11. The van der Waals surface area contributed by atoms with Gasteiger partial charge in [-0.1, -0.05) is 28.1 Å². The van der Waals surface area contributed by atoms with Gasteiger partial charge in [0.15, 0.2) is 0 Å². The average molecular weight is 326 g/mol. The van der Waals surface area contributed by atoms with E-state index in [1.54, 1.807) is 0 Å². The molecule has 0 heterocycles. The van der Waals surface area contributed by atoms with Crippen LogP contribution in [0.3, 0.4) is 0 Å². The third kappa shape index (κ3) is 3.57. The molecular weight excluding hydrogens is 306 g/mol. The second-order valence-electron chi connectivity index (χ2n) is 4.90. The van der Waals surface area contributed by atoms with Crippen molar-refractivity contribution in [3.8, 4) is 0 Å². The molecule has 1 N–H and O–H groups in total. The summed E-state index contributed by atoms with van der Waals surface area (Å²) in [5, 5.41) is 3.03. The van der Waals surface area contributed by atoms with Crippen LogP contribution in [0, 0.1) is 0 Å². The zero-order valence-corrected chi connectivity index (χ0v) is 12.8. The lowest BCUT2D eigenvalue weighted by Gasteiger charge is -2.16. The molecule has 0 saturated heterocycles. The maximum Gasteiger partial charge on any atom is 0.230 e. The molecule has 0 unspecified atom stereocenters. The summed E-state index contributed by atoms with van der Waals surface area (Å²) < 4.78 is 6.29. The second-order valence-corrected chi connectivity index (χ2v) is 5.81. The molecule has 0 spiro atoms. The van der Waals surface area contributed by atoms with Gasteiger partial charge in [-0.3, -0.25) is 4.79 Å². The second kappa shape index (κ2) is 6.53. The molecule has 1 aromatic rings. The van der Waals surface area contributed by atoms with Gasteiger partial charge in [-0.15, -0.1) is 0 Å². The molecule has 0 atom stereocenters. The van der Waals surface area contributed by atoms with Crippen LogP contribution in [0.2, 0.25) is 0 Å². The maximum atomic E-state index is 12.3. The molecule has 104 valence electrons. The van der Waals surface area contributed by atoms with Crippen molar-refractivity contribution in [2.75, 3.05) is 19.8 Å². The fraction of sp³-hybridized carbons (Fsp3) is 0.533. The Hall–Kier alpha value is -0.870. The third-order valence-corrected chi connectivity index (χ3v) is 4.01. The van der Waals surface area contributed by atoms with Gasteiger partial charge in [0.05, 0.1) is 5.41 Å². The minimum absolute atomic E-state index is 0.155. The van der Waals surface area contributed by atoms with Crippen LogP contribution in [0.15, 0.2) is 28.7 Å². The highest BCUT2D eigenvalue weighted by Crippen LogP contribution is 2.48. The third-order valence-electron chi connectivity index (χ3n) is 3.52. The number of ether oxygens (including phenoxy) is 1. The monoisotopic (exact) mass is 325 g/mol. The van der Waals surface area contributed by atoms with Gasteiger partial charge in [-0.2, -0.15) is 0 Å². The van der Waals surface area contributed by atoms with Gasteiger partial charge in [0.1, 0.15) is 0 Å². The zero-order chi connectivity index (χ0) is 13.7. The van der Waals surface area contributed by atoms with E-state index in [9.17, 15) is 4.79 Å². The van der Waals surface area contributed by atoms with Crippen molar-refractivity contribution in [3.05, 3.63) is 34.3 Å². The first-order chi connectivity index (χ1) is 9.19. The molecule has 2 rings (SSSR count). The Morgan fingerprint density at radius 3 is 2.89 bits per heavy atom. The lowest BCUT2D eigenvalue weighted by molar-refractivity contribution is -0.123. The highest BCUT2D eigenvalue weighted by atomic mass is 79.9. The van der Waals surface area contributed by atoms with E-state index in [1.807, 2.05) is 31.2 Å². The quantitative estimate of drug-likeness (QED) is 0.782. The molecule has 1 aliphatic rings. The molecule has 1 saturated carbocycles. The summed E-state index contributed by atoms with van der Waals surface area (Å²) in [5.41, 5.74) is 0.833. The zero-order valence-electron chi connectivity index (χ0n) is 11.2. The van der Waals surface area contributed by atoms with E-state index in [2.05, 4.69) is 21.2 Å². The van der Waals surface area contributed by atoms with Gasteiger partial charge in [-0.05, 0) is 43.9 Å². The molecule has 1 aromatic carbocycles. The molecule has 1 aliphatic carbocycles. The molecule has 0 aromatic heterocycles. The molecule has 0 aliphatic heterocycles. The Morgan fingerprint density at radius 1 is 1.47 bits per heavy atom. The Bertz CT molecular complexity index is 444. The van der Waals surface area contributed by atoms with Crippen LogP contribution >= 0.6 is 15.9 Å². The number of halogens is 1. The van der Waals surface area contributed by atoms with Gasteiger partial charge >= 0.3 is 0 Å². The van der Waals surface area contributed by atoms with Crippen molar-refractivity contribution in [2.24, 2.45) is 0 Å². The largest absolute Gasteiger partial charge is 0.382 e. The van der Waals surface area contributed by atoms with Crippen LogP contribution in [-0.4, -0.2) is 25.7 Å². The van der Waals surface area contributed by atoms with Crippen molar-refractivity contribution >= 4 is 21.8 Å². The smallest absolute Gasteiger partial charge is 0.230 e. The van der Waals surface area contributed by atoms with Crippen LogP contribution in [-0.2, 0) is 14.9 Å². The lowest BCUT2D eigenvalue weighted by Crippen LogP contribution is -2.35. The summed E-state index contributed by atoms with van der Waals surface area (Å²) in [7, 11) is 0. The van der Waals surface area contributed by atoms with E-state index < -0.39 is 0 Å². The normalized spacial score (nSPS) is 16.1. The van der Waals surface area contributed by atoms with E-state index in [1.165, 1.54) is 0 Å². The molecule has 1 amide bonds. The topological polar surface area (TPSA) is 38.3 Å². The fourth-order valence-corrected chi connectivity index (χ4v) is 2.65. The summed E-state index contributed by atoms with van der Waals surface area (Å²) in [4.78, 5) is 12.3. The number of carbonyl (C=O) groups is 1. The number of hydrogen-bond donors (Lipinski definition) is 1. The molecule has 0 bridgehead atoms. The molecule has 19 heavy (non-hydrogen) atoms. The van der Waals surface area contributed by atoms with Crippen LogP contribution in [0.1, 0.15) is 31.7 Å². The first-order valence-corrected chi connectivity index (χ1v) is 7.60. The highest BCUT2D eigenvalue weighted by Gasteiger charge is 2.51. The number of carbonyl (C=O) groups excluding carboxylic acids is 1. The van der Waals surface area contributed by atoms with Gasteiger partial charge in [0.25, 0.3) is 0 Å². The van der Waals surface area contributed by atoms with Crippen molar-refractivity contribution in [3.63, 3.8) is 0 Å². The Kier molecular flexibility index (Phi) is 4.99. The maximum absolute atomic E-state index is 12.3. The molecular formula is C15H20BrNO2. The van der Waals surface area contributed by atoms with Crippen molar-refractivity contribution in [1.82, 2.24) is 5.32 Å². The number of rotatable bonds is 7. The van der Waals surface area contributed by atoms with E-state index in [0.29, 0.717) is 13.2 Å². The van der Waals surface area contributed by atoms with E-state index in [-0.39, 0.29) is 11.3 Å². The van der Waals surface area contributed by atoms with Crippen molar-refractivity contribution in [2.45, 2.75) is 31.6 Å². The van der Waals surface area contributed by atoms with Crippen LogP contribution < -0.4 is 5.32 Å². The van der Waals surface area contributed by atoms with Crippen LogP contribution in [0.5, 0.6) is 0 Å². The van der Waals surface area contributed by atoms with Gasteiger partial charge < -0.3 is 10.1 Å². The Balaban J connectivity index is 1.88. The van der Waals surface area contributed by atoms with Crippen molar-refractivity contribution < 1.29 is 9.53 Å². The molecule has 3 nitrogen and oxygen atoms in total. The van der Waals surface area contributed by atoms with E-state index in [0.717, 1.165) is 35.9 Å². The van der Waals surface area contributed by atoms with E-state index in [4.69, 9.17) is 4.74 Å². The summed E-state index contributed by atoms with van der Waals surface area (Å²) in [6, 6.07) is 8.06. The predicted molar refractivity (Wildman–Crippen MR) is 79.2 cm³/mol. The van der Waals surface area contributed by atoms with Crippen molar-refractivity contribution in [1.29, 1.82) is 0 Å². The SMILES string of the molecule is CCOCCCNC(=O)C1(c2cccc(Br)c2)CC1. The minimum atomic E-state index is -0.282. The fourth-order valence-electron chi connectivity index (χ4n) is 2.25. The average Bonchev–Trinajstić information content (AvgIpc) is 3.20.